The number of hydrogen-bond donors (Lipinski definition) is 2. The van der Waals surface area contributed by atoms with Crippen LogP contribution in [0.3, 0.4) is 0 Å². The van der Waals surface area contributed by atoms with Crippen LogP contribution in [0.15, 0.2) is 66.0 Å². The number of aryl methyl sites for hydroxylation is 1. The summed E-state index contributed by atoms with van der Waals surface area (Å²) < 4.78 is 1.97. The van der Waals surface area contributed by atoms with Crippen LogP contribution in [0.5, 0.6) is 0 Å². The second kappa shape index (κ2) is 7.66. The number of benzene rings is 2. The summed E-state index contributed by atoms with van der Waals surface area (Å²) >= 11 is 1.37. The monoisotopic (exact) mass is 390 g/mol. The lowest BCUT2D eigenvalue weighted by molar-refractivity contribution is 0.0948. The van der Waals surface area contributed by atoms with Crippen molar-refractivity contribution in [3.63, 3.8) is 0 Å². The van der Waals surface area contributed by atoms with Crippen molar-refractivity contribution in [3.8, 4) is 0 Å². The van der Waals surface area contributed by atoms with E-state index in [1.165, 1.54) is 11.3 Å². The number of hydrogen-bond acceptors (Lipinski definition) is 4. The van der Waals surface area contributed by atoms with Crippen molar-refractivity contribution >= 4 is 39.9 Å². The van der Waals surface area contributed by atoms with Crippen LogP contribution in [-0.2, 0) is 13.6 Å². The van der Waals surface area contributed by atoms with Gasteiger partial charge in [0, 0.05) is 18.3 Å². The predicted octanol–water partition coefficient (Wildman–Crippen LogP) is 3.82. The molecule has 0 unspecified atom stereocenters. The summed E-state index contributed by atoms with van der Waals surface area (Å²) in [5, 5.41) is 7.55. The van der Waals surface area contributed by atoms with E-state index in [1.54, 1.807) is 30.3 Å². The Morgan fingerprint density at radius 1 is 1.04 bits per heavy atom. The van der Waals surface area contributed by atoms with Crippen LogP contribution in [0.2, 0.25) is 0 Å². The Kier molecular flexibility index (Phi) is 4.90. The smallest absolute Gasteiger partial charge is 0.265 e. The molecule has 0 radical (unpaired) electrons. The van der Waals surface area contributed by atoms with E-state index in [2.05, 4.69) is 15.6 Å². The van der Waals surface area contributed by atoms with E-state index < -0.39 is 0 Å². The molecule has 0 saturated heterocycles. The Labute approximate surface area is 165 Å². The molecule has 0 aliphatic heterocycles. The molecule has 2 aromatic carbocycles. The first-order valence-corrected chi connectivity index (χ1v) is 9.63. The van der Waals surface area contributed by atoms with Gasteiger partial charge in [-0.25, -0.2) is 4.98 Å². The third-order valence-electron chi connectivity index (χ3n) is 4.41. The molecule has 0 fully saturated rings. The summed E-state index contributed by atoms with van der Waals surface area (Å²) in [4.78, 5) is 29.9. The lowest BCUT2D eigenvalue weighted by Gasteiger charge is -2.08. The Morgan fingerprint density at radius 2 is 1.89 bits per heavy atom. The van der Waals surface area contributed by atoms with Gasteiger partial charge in [-0.2, -0.15) is 0 Å². The van der Waals surface area contributed by atoms with Crippen LogP contribution < -0.4 is 10.6 Å². The van der Waals surface area contributed by atoms with Gasteiger partial charge in [-0.1, -0.05) is 24.3 Å². The number of rotatable bonds is 5. The maximum atomic E-state index is 12.6. The molecule has 0 aliphatic carbocycles. The highest BCUT2D eigenvalue weighted by atomic mass is 32.1. The number of anilines is 1. The van der Waals surface area contributed by atoms with Crippen LogP contribution >= 0.6 is 11.3 Å². The maximum Gasteiger partial charge on any atom is 0.265 e. The number of thiophene rings is 1. The molecule has 28 heavy (non-hydrogen) atoms. The first-order valence-electron chi connectivity index (χ1n) is 8.75. The van der Waals surface area contributed by atoms with Crippen molar-refractivity contribution in [2.45, 2.75) is 6.54 Å². The molecular weight excluding hydrogens is 372 g/mol. The quantitative estimate of drug-likeness (QED) is 0.544. The molecule has 4 aromatic rings. The largest absolute Gasteiger partial charge is 0.345 e. The molecule has 140 valence electrons. The second-order valence-corrected chi connectivity index (χ2v) is 7.22. The van der Waals surface area contributed by atoms with Gasteiger partial charge in [-0.3, -0.25) is 9.59 Å². The van der Waals surface area contributed by atoms with Gasteiger partial charge >= 0.3 is 0 Å². The van der Waals surface area contributed by atoms with Crippen molar-refractivity contribution in [1.82, 2.24) is 14.9 Å². The topological polar surface area (TPSA) is 76.0 Å². The molecule has 0 atom stereocenters. The Bertz CT molecular complexity index is 1150. The number of carbonyl (C=O) groups excluding carboxylic acids is 2. The lowest BCUT2D eigenvalue weighted by atomic mass is 10.2. The van der Waals surface area contributed by atoms with E-state index in [-0.39, 0.29) is 11.8 Å². The average Bonchev–Trinajstić information content (AvgIpc) is 3.35. The van der Waals surface area contributed by atoms with Gasteiger partial charge in [0.2, 0.25) is 0 Å². The van der Waals surface area contributed by atoms with Crippen LogP contribution in [0.25, 0.3) is 11.0 Å². The predicted molar refractivity (Wildman–Crippen MR) is 111 cm³/mol. The third kappa shape index (κ3) is 3.65. The molecular formula is C21H18N4O2S. The summed E-state index contributed by atoms with van der Waals surface area (Å²) in [5.41, 5.74) is 2.97. The first-order chi connectivity index (χ1) is 13.6. The number of nitrogens with zero attached hydrogens (tertiary/aromatic N) is 2. The Balaban J connectivity index is 1.44. The van der Waals surface area contributed by atoms with Gasteiger partial charge in [-0.05, 0) is 41.8 Å². The third-order valence-corrected chi connectivity index (χ3v) is 5.28. The van der Waals surface area contributed by atoms with Gasteiger partial charge in [0.1, 0.15) is 5.82 Å². The summed E-state index contributed by atoms with van der Waals surface area (Å²) in [6.45, 7) is 0.315. The first kappa shape index (κ1) is 17.9. The minimum absolute atomic E-state index is 0.188. The van der Waals surface area contributed by atoms with Crippen molar-refractivity contribution in [2.75, 3.05) is 5.32 Å². The molecule has 2 amide bonds. The maximum absolute atomic E-state index is 12.6. The van der Waals surface area contributed by atoms with E-state index in [4.69, 9.17) is 0 Å². The van der Waals surface area contributed by atoms with E-state index in [0.29, 0.717) is 22.7 Å². The van der Waals surface area contributed by atoms with Gasteiger partial charge < -0.3 is 15.2 Å². The number of imidazole rings is 1. The van der Waals surface area contributed by atoms with Gasteiger partial charge in [-0.15, -0.1) is 11.3 Å². The second-order valence-electron chi connectivity index (χ2n) is 6.27. The Hall–Kier alpha value is -3.45. The summed E-state index contributed by atoms with van der Waals surface area (Å²) in [5.74, 6) is 0.364. The zero-order chi connectivity index (χ0) is 19.5. The summed E-state index contributed by atoms with van der Waals surface area (Å²) in [7, 11) is 1.93. The van der Waals surface area contributed by atoms with Gasteiger partial charge in [0.25, 0.3) is 11.8 Å². The van der Waals surface area contributed by atoms with E-state index >= 15 is 0 Å². The van der Waals surface area contributed by atoms with Crippen LogP contribution in [0, 0.1) is 0 Å². The van der Waals surface area contributed by atoms with Crippen LogP contribution in [-0.4, -0.2) is 21.4 Å². The molecule has 0 aliphatic rings. The fraction of sp³-hybridized carbons (Fsp3) is 0.0952. The number of para-hydroxylation sites is 2. The number of nitrogens with one attached hydrogen (secondary N) is 2. The Morgan fingerprint density at radius 3 is 2.68 bits per heavy atom. The molecule has 7 heteroatoms. The molecule has 6 nitrogen and oxygen atoms in total. The fourth-order valence-electron chi connectivity index (χ4n) is 2.95. The standard InChI is InChI=1S/C21H18N4O2S/c1-25-17-9-3-2-8-16(17)24-19(25)13-22-20(26)14-6-4-7-15(12-14)23-21(27)18-10-5-11-28-18/h2-12H,13H2,1H3,(H,22,26)(H,23,27). The molecule has 0 spiro atoms. The molecule has 0 bridgehead atoms. The van der Waals surface area contributed by atoms with Gasteiger partial charge in [0.15, 0.2) is 0 Å². The molecule has 2 aromatic heterocycles. The SMILES string of the molecule is Cn1c(CNC(=O)c2cccc(NC(=O)c3cccs3)c2)nc2ccccc21. The van der Waals surface area contributed by atoms with Crippen molar-refractivity contribution in [2.24, 2.45) is 7.05 Å². The van der Waals surface area contributed by atoms with E-state index in [1.807, 2.05) is 47.3 Å². The van der Waals surface area contributed by atoms with Crippen LogP contribution in [0.4, 0.5) is 5.69 Å². The van der Waals surface area contributed by atoms with Crippen molar-refractivity contribution in [3.05, 3.63) is 82.3 Å². The zero-order valence-corrected chi connectivity index (χ0v) is 16.0. The van der Waals surface area contributed by atoms with Crippen LogP contribution in [0.1, 0.15) is 25.9 Å². The highest BCUT2D eigenvalue weighted by molar-refractivity contribution is 7.12. The minimum atomic E-state index is -0.223. The highest BCUT2D eigenvalue weighted by Crippen LogP contribution is 2.16. The number of carbonyl (C=O) groups is 2. The fourth-order valence-corrected chi connectivity index (χ4v) is 3.57. The average molecular weight is 390 g/mol. The van der Waals surface area contributed by atoms with Crippen molar-refractivity contribution < 1.29 is 9.59 Å². The number of aromatic nitrogens is 2. The normalized spacial score (nSPS) is 10.8. The molecule has 2 heterocycles. The molecule has 2 N–H and O–H groups in total. The molecule has 0 saturated carbocycles. The zero-order valence-electron chi connectivity index (χ0n) is 15.2. The van der Waals surface area contributed by atoms with Crippen molar-refractivity contribution in [1.29, 1.82) is 0 Å². The lowest BCUT2D eigenvalue weighted by Crippen LogP contribution is -2.24. The molecule has 4 rings (SSSR count). The van der Waals surface area contributed by atoms with E-state index in [9.17, 15) is 9.59 Å². The number of amides is 2. The number of fused-ring (bicyclic) bond motifs is 1. The highest BCUT2D eigenvalue weighted by Gasteiger charge is 2.12. The summed E-state index contributed by atoms with van der Waals surface area (Å²) in [6, 6.07) is 18.3. The summed E-state index contributed by atoms with van der Waals surface area (Å²) in [6.07, 6.45) is 0. The van der Waals surface area contributed by atoms with Gasteiger partial charge in [0.05, 0.1) is 22.5 Å². The minimum Gasteiger partial charge on any atom is -0.345 e. The van der Waals surface area contributed by atoms with E-state index in [0.717, 1.165) is 16.9 Å².